The SMILES string of the molecule is CC(C)n1c(C=CC(O)CC(O)CC(=O)[O-])c(-c2ccc(F)cc2)c2ccccc21.[Na+]. The number of aromatic nitrogens is 1. The van der Waals surface area contributed by atoms with Gasteiger partial charge in [0.25, 0.3) is 0 Å². The van der Waals surface area contributed by atoms with Crippen molar-refractivity contribution in [2.24, 2.45) is 0 Å². The molecule has 158 valence electrons. The first-order chi connectivity index (χ1) is 14.3. The fourth-order valence-electron chi connectivity index (χ4n) is 3.76. The van der Waals surface area contributed by atoms with Crippen molar-refractivity contribution >= 4 is 22.9 Å². The van der Waals surface area contributed by atoms with Crippen molar-refractivity contribution in [3.05, 3.63) is 66.1 Å². The zero-order valence-corrected chi connectivity index (χ0v) is 20.0. The van der Waals surface area contributed by atoms with Crippen LogP contribution >= 0.6 is 0 Å². The third kappa shape index (κ3) is 6.05. The number of para-hydroxylation sites is 1. The zero-order chi connectivity index (χ0) is 21.8. The predicted octanol–water partition coefficient (Wildman–Crippen LogP) is 0.297. The van der Waals surface area contributed by atoms with Crippen molar-refractivity contribution in [1.29, 1.82) is 0 Å². The minimum Gasteiger partial charge on any atom is -0.550 e. The van der Waals surface area contributed by atoms with E-state index in [4.69, 9.17) is 0 Å². The maximum Gasteiger partial charge on any atom is 1.00 e. The summed E-state index contributed by atoms with van der Waals surface area (Å²) in [7, 11) is 0. The Morgan fingerprint density at radius 2 is 1.77 bits per heavy atom. The van der Waals surface area contributed by atoms with Gasteiger partial charge in [-0.2, -0.15) is 0 Å². The molecule has 2 N–H and O–H groups in total. The summed E-state index contributed by atoms with van der Waals surface area (Å²) in [6, 6.07) is 14.3. The molecule has 0 spiro atoms. The fraction of sp³-hybridized carbons (Fsp3) is 0.292. The third-order valence-electron chi connectivity index (χ3n) is 4.99. The molecule has 0 aliphatic rings. The van der Waals surface area contributed by atoms with Gasteiger partial charge in [-0.3, -0.25) is 0 Å². The van der Waals surface area contributed by atoms with Gasteiger partial charge in [0.15, 0.2) is 0 Å². The van der Waals surface area contributed by atoms with Gasteiger partial charge in [0.1, 0.15) is 5.82 Å². The van der Waals surface area contributed by atoms with E-state index in [1.807, 2.05) is 24.3 Å². The molecule has 3 rings (SSSR count). The molecule has 0 fully saturated rings. The summed E-state index contributed by atoms with van der Waals surface area (Å²) in [5.41, 5.74) is 3.61. The van der Waals surface area contributed by atoms with E-state index in [-0.39, 0.29) is 47.8 Å². The average molecular weight is 433 g/mol. The number of aliphatic carboxylic acids is 1. The quantitative estimate of drug-likeness (QED) is 0.501. The number of benzene rings is 2. The molecule has 0 bridgehead atoms. The molecule has 1 aromatic heterocycles. The summed E-state index contributed by atoms with van der Waals surface area (Å²) in [5, 5.41) is 31.6. The number of carbonyl (C=O) groups is 1. The normalized spacial score (nSPS) is 13.5. The molecule has 31 heavy (non-hydrogen) atoms. The number of nitrogens with zero attached hydrogens (tertiary/aromatic N) is 1. The van der Waals surface area contributed by atoms with Crippen LogP contribution < -0.4 is 34.7 Å². The van der Waals surface area contributed by atoms with Gasteiger partial charge in [0, 0.05) is 47.0 Å². The minimum absolute atomic E-state index is 0. The molecule has 0 aliphatic carbocycles. The van der Waals surface area contributed by atoms with Crippen LogP contribution in [-0.2, 0) is 4.79 Å². The molecule has 5 nitrogen and oxygen atoms in total. The number of hydrogen-bond acceptors (Lipinski definition) is 4. The fourth-order valence-corrected chi connectivity index (χ4v) is 3.76. The van der Waals surface area contributed by atoms with Gasteiger partial charge in [-0.05, 0) is 43.7 Å². The molecule has 0 amide bonds. The van der Waals surface area contributed by atoms with Gasteiger partial charge in [-0.15, -0.1) is 0 Å². The molecule has 1 heterocycles. The first-order valence-electron chi connectivity index (χ1n) is 9.91. The Labute approximate surface area is 203 Å². The van der Waals surface area contributed by atoms with Crippen LogP contribution in [-0.4, -0.2) is 33.0 Å². The number of hydrogen-bond donors (Lipinski definition) is 2. The number of carbonyl (C=O) groups excluding carboxylic acids is 1. The van der Waals surface area contributed by atoms with Gasteiger partial charge in [-0.25, -0.2) is 4.39 Å². The van der Waals surface area contributed by atoms with E-state index in [1.54, 1.807) is 24.3 Å². The van der Waals surface area contributed by atoms with Crippen LogP contribution in [0.1, 0.15) is 38.4 Å². The average Bonchev–Trinajstić information content (AvgIpc) is 3.00. The molecule has 0 saturated carbocycles. The number of fused-ring (bicyclic) bond motifs is 1. The summed E-state index contributed by atoms with van der Waals surface area (Å²) in [6.45, 7) is 4.11. The first-order valence-corrected chi connectivity index (χ1v) is 9.91. The number of carboxylic acid groups (broad SMARTS) is 1. The van der Waals surface area contributed by atoms with E-state index < -0.39 is 24.6 Å². The number of aliphatic hydroxyl groups is 2. The van der Waals surface area contributed by atoms with Crippen LogP contribution in [0, 0.1) is 5.82 Å². The van der Waals surface area contributed by atoms with E-state index in [0.717, 1.165) is 27.7 Å². The van der Waals surface area contributed by atoms with Crippen LogP contribution in [0.2, 0.25) is 0 Å². The van der Waals surface area contributed by atoms with Crippen LogP contribution in [0.5, 0.6) is 0 Å². The summed E-state index contributed by atoms with van der Waals surface area (Å²) in [5.74, 6) is -1.68. The Morgan fingerprint density at radius 3 is 2.39 bits per heavy atom. The van der Waals surface area contributed by atoms with E-state index >= 15 is 0 Å². The molecule has 7 heteroatoms. The van der Waals surface area contributed by atoms with Crippen LogP contribution in [0.25, 0.3) is 28.1 Å². The summed E-state index contributed by atoms with van der Waals surface area (Å²) < 4.78 is 15.6. The van der Waals surface area contributed by atoms with Crippen LogP contribution in [0.3, 0.4) is 0 Å². The van der Waals surface area contributed by atoms with Crippen molar-refractivity contribution in [1.82, 2.24) is 4.57 Å². The molecular weight excluding hydrogens is 408 g/mol. The van der Waals surface area contributed by atoms with Gasteiger partial charge >= 0.3 is 29.6 Å². The Morgan fingerprint density at radius 1 is 1.13 bits per heavy atom. The first kappa shape index (κ1) is 25.3. The molecule has 0 saturated heterocycles. The smallest absolute Gasteiger partial charge is 0.550 e. The standard InChI is InChI=1S/C24H26FNO4.Na/c1-15(2)26-21-6-4-3-5-20(21)24(16-7-9-17(25)10-8-16)22(26)12-11-18(27)13-19(28)14-23(29)30;/h3-12,15,18-19,27-28H,13-14H2,1-2H3,(H,29,30);/q;+1/p-1. The van der Waals surface area contributed by atoms with Crippen LogP contribution in [0.4, 0.5) is 4.39 Å². The topological polar surface area (TPSA) is 85.5 Å². The van der Waals surface area contributed by atoms with E-state index in [2.05, 4.69) is 18.4 Å². The molecule has 2 aromatic carbocycles. The van der Waals surface area contributed by atoms with Crippen LogP contribution in [0.15, 0.2) is 54.6 Å². The number of carboxylic acids is 1. The van der Waals surface area contributed by atoms with E-state index in [9.17, 15) is 24.5 Å². The second-order valence-corrected chi connectivity index (χ2v) is 7.64. The molecule has 0 aliphatic heterocycles. The predicted molar refractivity (Wildman–Crippen MR) is 113 cm³/mol. The minimum atomic E-state index is -1.36. The molecule has 3 aromatic rings. The van der Waals surface area contributed by atoms with Gasteiger partial charge in [-0.1, -0.05) is 36.4 Å². The molecule has 2 unspecified atom stereocenters. The Balaban J connectivity index is 0.00000341. The van der Waals surface area contributed by atoms with E-state index in [1.165, 1.54) is 12.1 Å². The molecule has 0 radical (unpaired) electrons. The second kappa shape index (κ2) is 11.1. The van der Waals surface area contributed by atoms with Crippen molar-refractivity contribution < 1.29 is 54.1 Å². The van der Waals surface area contributed by atoms with Gasteiger partial charge in [0.2, 0.25) is 0 Å². The maximum absolute atomic E-state index is 13.5. The van der Waals surface area contributed by atoms with Gasteiger partial charge in [0.05, 0.1) is 12.2 Å². The number of halogens is 1. The molecule has 2 atom stereocenters. The molecular formula is C24H25FNNaO4. The monoisotopic (exact) mass is 433 g/mol. The Kier molecular flexibility index (Phi) is 9.03. The summed E-state index contributed by atoms with van der Waals surface area (Å²) in [6.07, 6.45) is 0.450. The maximum atomic E-state index is 13.5. The number of aliphatic hydroxyl groups excluding tert-OH is 2. The van der Waals surface area contributed by atoms with Crippen molar-refractivity contribution in [3.8, 4) is 11.1 Å². The second-order valence-electron chi connectivity index (χ2n) is 7.64. The zero-order valence-electron chi connectivity index (χ0n) is 18.0. The summed E-state index contributed by atoms with van der Waals surface area (Å²) >= 11 is 0. The largest absolute Gasteiger partial charge is 1.00 e. The van der Waals surface area contributed by atoms with Crippen molar-refractivity contribution in [2.45, 2.75) is 44.9 Å². The summed E-state index contributed by atoms with van der Waals surface area (Å²) in [4.78, 5) is 10.6. The van der Waals surface area contributed by atoms with Crippen molar-refractivity contribution in [2.75, 3.05) is 0 Å². The van der Waals surface area contributed by atoms with Crippen molar-refractivity contribution in [3.63, 3.8) is 0 Å². The third-order valence-corrected chi connectivity index (χ3v) is 4.99. The number of rotatable bonds is 8. The Hall–Kier alpha value is -1.96. The van der Waals surface area contributed by atoms with Gasteiger partial charge < -0.3 is 24.7 Å². The Bertz CT molecular complexity index is 1060. The van der Waals surface area contributed by atoms with E-state index in [0.29, 0.717) is 0 Å².